The molecule has 5 heteroatoms. The number of aliphatic carboxylic acids is 1. The van der Waals surface area contributed by atoms with Crippen molar-refractivity contribution in [1.29, 1.82) is 0 Å². The predicted molar refractivity (Wildman–Crippen MR) is 71.2 cm³/mol. The lowest BCUT2D eigenvalue weighted by Gasteiger charge is -2.03. The molecule has 0 spiro atoms. The maximum atomic E-state index is 10.7. The van der Waals surface area contributed by atoms with E-state index in [2.05, 4.69) is 5.10 Å². The van der Waals surface area contributed by atoms with E-state index in [1.54, 1.807) is 11.8 Å². The summed E-state index contributed by atoms with van der Waals surface area (Å²) in [6.07, 6.45) is 2.45. The summed E-state index contributed by atoms with van der Waals surface area (Å²) in [6, 6.07) is 7.58. The van der Waals surface area contributed by atoms with E-state index in [9.17, 15) is 4.79 Å². The van der Waals surface area contributed by atoms with Crippen LogP contribution in [0.15, 0.2) is 30.5 Å². The average molecular weight is 260 g/mol. The first-order valence-corrected chi connectivity index (χ1v) is 5.99. The minimum Gasteiger partial charge on any atom is -0.497 e. The quantitative estimate of drug-likeness (QED) is 0.894. The molecular formula is C14H16N2O3. The summed E-state index contributed by atoms with van der Waals surface area (Å²) < 4.78 is 6.82. The molecule has 0 amide bonds. The number of ether oxygens (including phenoxy) is 1. The Kier molecular flexibility index (Phi) is 3.85. The van der Waals surface area contributed by atoms with E-state index in [0.717, 1.165) is 22.6 Å². The fourth-order valence-electron chi connectivity index (χ4n) is 1.95. The van der Waals surface area contributed by atoms with Crippen molar-refractivity contribution in [2.45, 2.75) is 12.8 Å². The SMILES string of the molecule is COc1ccc(-c2nn(C)cc2CCC(=O)O)cc1. The van der Waals surface area contributed by atoms with Crippen LogP contribution in [0.1, 0.15) is 12.0 Å². The number of rotatable bonds is 5. The number of aromatic nitrogens is 2. The van der Waals surface area contributed by atoms with Gasteiger partial charge in [-0.1, -0.05) is 0 Å². The third kappa shape index (κ3) is 3.13. The monoisotopic (exact) mass is 260 g/mol. The zero-order valence-corrected chi connectivity index (χ0v) is 11.0. The highest BCUT2D eigenvalue weighted by Gasteiger charge is 2.11. The third-order valence-corrected chi connectivity index (χ3v) is 2.88. The second-order valence-corrected chi connectivity index (χ2v) is 4.30. The Morgan fingerprint density at radius 3 is 2.63 bits per heavy atom. The van der Waals surface area contributed by atoms with Gasteiger partial charge in [-0.05, 0) is 36.2 Å². The number of benzene rings is 1. The van der Waals surface area contributed by atoms with Crippen molar-refractivity contribution in [1.82, 2.24) is 9.78 Å². The first-order valence-electron chi connectivity index (χ1n) is 5.99. The van der Waals surface area contributed by atoms with Gasteiger partial charge in [0.2, 0.25) is 0 Å². The van der Waals surface area contributed by atoms with Crippen LogP contribution in [0, 0.1) is 0 Å². The van der Waals surface area contributed by atoms with Crippen LogP contribution in [-0.2, 0) is 18.3 Å². The molecule has 2 rings (SSSR count). The van der Waals surface area contributed by atoms with Gasteiger partial charge in [0.25, 0.3) is 0 Å². The van der Waals surface area contributed by atoms with Gasteiger partial charge in [0.05, 0.1) is 12.8 Å². The smallest absolute Gasteiger partial charge is 0.303 e. The van der Waals surface area contributed by atoms with Crippen LogP contribution in [0.3, 0.4) is 0 Å². The van der Waals surface area contributed by atoms with Gasteiger partial charge in [-0.25, -0.2) is 0 Å². The summed E-state index contributed by atoms with van der Waals surface area (Å²) in [5, 5.41) is 13.2. The highest BCUT2D eigenvalue weighted by Crippen LogP contribution is 2.25. The number of methoxy groups -OCH3 is 1. The fourth-order valence-corrected chi connectivity index (χ4v) is 1.95. The Balaban J connectivity index is 2.29. The van der Waals surface area contributed by atoms with Crippen molar-refractivity contribution in [2.24, 2.45) is 7.05 Å². The van der Waals surface area contributed by atoms with Gasteiger partial charge < -0.3 is 9.84 Å². The molecule has 0 unspecified atom stereocenters. The first-order chi connectivity index (χ1) is 9.10. The number of carbonyl (C=O) groups is 1. The van der Waals surface area contributed by atoms with Crippen LogP contribution in [0.5, 0.6) is 5.75 Å². The lowest BCUT2D eigenvalue weighted by Crippen LogP contribution is -1.97. The van der Waals surface area contributed by atoms with Crippen LogP contribution >= 0.6 is 0 Å². The van der Waals surface area contributed by atoms with Gasteiger partial charge in [-0.2, -0.15) is 5.10 Å². The highest BCUT2D eigenvalue weighted by atomic mass is 16.5. The summed E-state index contributed by atoms with van der Waals surface area (Å²) in [5.74, 6) is -0.0173. The maximum absolute atomic E-state index is 10.7. The Bertz CT molecular complexity index is 573. The van der Waals surface area contributed by atoms with E-state index in [-0.39, 0.29) is 6.42 Å². The standard InChI is InChI=1S/C14H16N2O3/c1-16-9-11(5-8-13(17)18)14(15-16)10-3-6-12(19-2)7-4-10/h3-4,6-7,9H,5,8H2,1-2H3,(H,17,18). The largest absolute Gasteiger partial charge is 0.497 e. The Morgan fingerprint density at radius 1 is 1.37 bits per heavy atom. The predicted octanol–water partition coefficient (Wildman–Crippen LogP) is 2.11. The molecule has 0 aliphatic carbocycles. The minimum atomic E-state index is -0.801. The lowest BCUT2D eigenvalue weighted by atomic mass is 10.0. The second kappa shape index (κ2) is 5.56. The van der Waals surface area contributed by atoms with Gasteiger partial charge in [0, 0.05) is 25.2 Å². The van der Waals surface area contributed by atoms with Gasteiger partial charge in [-0.3, -0.25) is 9.48 Å². The molecular weight excluding hydrogens is 244 g/mol. The number of hydrogen-bond donors (Lipinski definition) is 1. The number of carboxylic acid groups (broad SMARTS) is 1. The van der Waals surface area contributed by atoms with Gasteiger partial charge in [0.15, 0.2) is 0 Å². The third-order valence-electron chi connectivity index (χ3n) is 2.88. The van der Waals surface area contributed by atoms with Crippen molar-refractivity contribution in [3.05, 3.63) is 36.0 Å². The van der Waals surface area contributed by atoms with E-state index in [0.29, 0.717) is 6.42 Å². The summed E-state index contributed by atoms with van der Waals surface area (Å²) in [7, 11) is 3.45. The van der Waals surface area contributed by atoms with Gasteiger partial charge >= 0.3 is 5.97 Å². The van der Waals surface area contributed by atoms with Crippen LogP contribution in [-0.4, -0.2) is 28.0 Å². The van der Waals surface area contributed by atoms with Crippen LogP contribution in [0.4, 0.5) is 0 Å². The van der Waals surface area contributed by atoms with Crippen LogP contribution < -0.4 is 4.74 Å². The summed E-state index contributed by atoms with van der Waals surface area (Å²) in [4.78, 5) is 10.7. The normalized spacial score (nSPS) is 10.4. The van der Waals surface area contributed by atoms with E-state index in [4.69, 9.17) is 9.84 Å². The molecule has 0 aliphatic rings. The molecule has 5 nitrogen and oxygen atoms in total. The van der Waals surface area contributed by atoms with E-state index < -0.39 is 5.97 Å². The molecule has 0 bridgehead atoms. The first kappa shape index (κ1) is 13.1. The molecule has 1 heterocycles. The summed E-state index contributed by atoms with van der Waals surface area (Å²) in [5.41, 5.74) is 2.73. The molecule has 1 aromatic heterocycles. The van der Waals surface area contributed by atoms with Crippen molar-refractivity contribution < 1.29 is 14.6 Å². The average Bonchev–Trinajstić information content (AvgIpc) is 2.78. The Morgan fingerprint density at radius 2 is 2.05 bits per heavy atom. The molecule has 0 atom stereocenters. The Hall–Kier alpha value is -2.30. The molecule has 0 fully saturated rings. The fraction of sp³-hybridized carbons (Fsp3) is 0.286. The number of nitrogens with zero attached hydrogens (tertiary/aromatic N) is 2. The zero-order chi connectivity index (χ0) is 13.8. The van der Waals surface area contributed by atoms with E-state index in [1.807, 2.05) is 37.5 Å². The molecule has 1 N–H and O–H groups in total. The van der Waals surface area contributed by atoms with Gasteiger partial charge in [0.1, 0.15) is 5.75 Å². The summed E-state index contributed by atoms with van der Waals surface area (Å²) >= 11 is 0. The Labute approximate surface area is 111 Å². The number of hydrogen-bond acceptors (Lipinski definition) is 3. The second-order valence-electron chi connectivity index (χ2n) is 4.30. The topological polar surface area (TPSA) is 64.4 Å². The molecule has 0 saturated heterocycles. The molecule has 1 aromatic carbocycles. The number of aryl methyl sites for hydroxylation is 2. The van der Waals surface area contributed by atoms with Crippen LogP contribution in [0.25, 0.3) is 11.3 Å². The van der Waals surface area contributed by atoms with Crippen molar-refractivity contribution in [3.63, 3.8) is 0 Å². The molecule has 0 aliphatic heterocycles. The summed E-state index contributed by atoms with van der Waals surface area (Å²) in [6.45, 7) is 0. The molecule has 0 radical (unpaired) electrons. The molecule has 100 valence electrons. The highest BCUT2D eigenvalue weighted by molar-refractivity contribution is 5.69. The molecule has 19 heavy (non-hydrogen) atoms. The minimum absolute atomic E-state index is 0.106. The van der Waals surface area contributed by atoms with E-state index in [1.165, 1.54) is 0 Å². The lowest BCUT2D eigenvalue weighted by molar-refractivity contribution is -0.136. The van der Waals surface area contributed by atoms with Crippen molar-refractivity contribution in [3.8, 4) is 17.0 Å². The molecule has 0 saturated carbocycles. The zero-order valence-electron chi connectivity index (χ0n) is 11.0. The van der Waals surface area contributed by atoms with Crippen LogP contribution in [0.2, 0.25) is 0 Å². The van der Waals surface area contributed by atoms with E-state index >= 15 is 0 Å². The van der Waals surface area contributed by atoms with Crippen molar-refractivity contribution >= 4 is 5.97 Å². The van der Waals surface area contributed by atoms with Gasteiger partial charge in [-0.15, -0.1) is 0 Å². The maximum Gasteiger partial charge on any atom is 0.303 e. The number of carboxylic acids is 1. The van der Waals surface area contributed by atoms with Crippen molar-refractivity contribution in [2.75, 3.05) is 7.11 Å². The molecule has 2 aromatic rings.